The maximum absolute atomic E-state index is 13.5. The summed E-state index contributed by atoms with van der Waals surface area (Å²) in [5.41, 5.74) is 7.18. The van der Waals surface area contributed by atoms with Gasteiger partial charge in [-0.05, 0) is 172 Å². The van der Waals surface area contributed by atoms with Gasteiger partial charge in [-0.3, -0.25) is 42.8 Å². The summed E-state index contributed by atoms with van der Waals surface area (Å²) in [5.74, 6) is -5.87. The topological polar surface area (TPSA) is 538 Å². The summed E-state index contributed by atoms with van der Waals surface area (Å²) in [6, 6.07) is 32.6. The summed E-state index contributed by atoms with van der Waals surface area (Å²) >= 11 is -6.03. The molecule has 3 saturated carbocycles. The number of nitrogens with one attached hydrogen (secondary N) is 3. The number of benzene rings is 4. The molecule has 131 heavy (non-hydrogen) atoms. The van der Waals surface area contributed by atoms with E-state index in [-0.39, 0.29) is 121 Å². The first-order valence-electron chi connectivity index (χ1n) is 42.1. The fraction of sp³-hybridized carbons (Fsp3) is 0.472. The third-order valence-electron chi connectivity index (χ3n) is 24.2. The number of aliphatic hydroxyl groups is 2. The zero-order valence-electron chi connectivity index (χ0n) is 74.9. The van der Waals surface area contributed by atoms with E-state index >= 15 is 0 Å². The van der Waals surface area contributed by atoms with Crippen molar-refractivity contribution >= 4 is 114 Å². The van der Waals surface area contributed by atoms with Crippen molar-refractivity contribution in [1.29, 1.82) is 15.8 Å². The number of nitriles is 3. The number of hydrogen-bond acceptors (Lipinski definition) is 29. The Morgan fingerprint density at radius 1 is 0.511 bits per heavy atom. The number of aryl methyl sites for hydroxylation is 3. The standard InChI is InChI=1S/C26H33N5O5S.C25H31N5O5S.C25H29N5O5S.C13H13IO8/c1-17(32)13-25(2,3)37(35,36)26(10-11-26)16-31-12-9-20-21(29-30(4)22(20)24(31)34)23(33)28-15-19-7-5-18(14-27)6-8-19;2*1-24(2,11-13-31)36(34,35)25(9-10-25)16-30-12-8-19-20(28-29(3)21(19)23(30)33)22(32)27-15-18-6-4-17(14-26)5-7-18;1-8(15)19-14(20-9(2)16,21-10(3)17)12-7-5-4-6-11(12)13(18)22-14/h5-8,17,32H,9-13,15-16H2,1-4H3,(H,28,33);4-7,31H,8-13,15-16H2,1-3H3,(H,27,32);4-7,13H,8-12,15-16H2,1-3H3,(H,27,32);4-7H,1-3H3. The number of aromatic nitrogens is 6. The number of halogens is 1. The largest absolute Gasteiger partial charge is 0.396 e. The summed E-state index contributed by atoms with van der Waals surface area (Å²) in [6.45, 7) is 15.9. The Balaban J connectivity index is 0.000000171. The molecular weight excluding hydrogens is 1870 g/mol. The third-order valence-corrected chi connectivity index (χ3v) is 42.3. The minimum absolute atomic E-state index is 0.0142. The molecule has 7 heterocycles. The van der Waals surface area contributed by atoms with E-state index < -0.39 is 124 Å². The van der Waals surface area contributed by atoms with Gasteiger partial charge in [-0.1, -0.05) is 36.4 Å². The SMILES string of the molecule is CC(=O)OI1(OC(C)=O)(OC(C)=O)OC(=O)c2ccccc21.CC(O)CC(C)(C)S(=O)(=O)C1(CN2CCc3c(C(=O)NCc4ccc(C#N)cc4)nn(C)c3C2=O)CC1.Cn1nc(C(=O)NCc2ccc(C#N)cc2)c2c1C(=O)N(CC1(S(=O)(=O)C(C)(C)CC=O)CC1)CC2.Cn1nc(C(=O)NCc2ccc(C#N)cc2)c2c1C(=O)N(CC1(S(=O)(=O)C(C)(C)CCO)CC1)CC2. The van der Waals surface area contributed by atoms with E-state index in [0.29, 0.717) is 122 Å². The first kappa shape index (κ1) is 99.4. The quantitative estimate of drug-likeness (QED) is 0.0236. The van der Waals surface area contributed by atoms with E-state index in [2.05, 4.69) is 37.3 Å². The van der Waals surface area contributed by atoms with Gasteiger partial charge in [0.15, 0.2) is 46.6 Å². The number of sulfone groups is 3. The van der Waals surface area contributed by atoms with Gasteiger partial charge in [-0.25, -0.2) is 25.3 Å². The Hall–Kier alpha value is -12.2. The molecule has 1 unspecified atom stereocenters. The Labute approximate surface area is 761 Å². The number of aldehydes is 1. The average Bonchev–Trinajstić information content (AvgIpc) is 1.55. The minimum Gasteiger partial charge on any atom is -0.396 e. The summed E-state index contributed by atoms with van der Waals surface area (Å²) in [5, 5.41) is 67.3. The van der Waals surface area contributed by atoms with Gasteiger partial charge in [0.2, 0.25) is 0 Å². The van der Waals surface area contributed by atoms with E-state index in [1.54, 1.807) is 158 Å². The van der Waals surface area contributed by atoms with Crippen LogP contribution in [0.4, 0.5) is 0 Å². The van der Waals surface area contributed by atoms with Gasteiger partial charge in [0.25, 0.3) is 35.4 Å². The van der Waals surface area contributed by atoms with Crippen LogP contribution in [0, 0.1) is 37.6 Å². The van der Waals surface area contributed by atoms with Crippen molar-refractivity contribution in [2.75, 3.05) is 45.9 Å². The van der Waals surface area contributed by atoms with Gasteiger partial charge >= 0.3 is 128 Å². The van der Waals surface area contributed by atoms with Crippen molar-refractivity contribution in [1.82, 2.24) is 60.0 Å². The van der Waals surface area contributed by atoms with E-state index in [1.807, 2.05) is 12.1 Å². The number of rotatable bonds is 30. The van der Waals surface area contributed by atoms with Gasteiger partial charge in [-0.2, -0.15) is 31.1 Å². The molecule has 7 aromatic rings. The first-order chi connectivity index (χ1) is 61.4. The van der Waals surface area contributed by atoms with Crippen molar-refractivity contribution < 1.29 is 100 Å². The second-order valence-corrected chi connectivity index (χ2v) is 51.1. The number of carbonyl (C=O) groups excluding carboxylic acids is 11. The van der Waals surface area contributed by atoms with Gasteiger partial charge < -0.3 is 45.7 Å². The second-order valence-electron chi connectivity index (χ2n) is 35.3. The van der Waals surface area contributed by atoms with Crippen LogP contribution in [-0.4, -0.2) is 226 Å². The van der Waals surface area contributed by atoms with Crippen molar-refractivity contribution in [3.8, 4) is 18.2 Å². The maximum atomic E-state index is 13.5. The Kier molecular flexibility index (Phi) is 28.8. The molecule has 38 nitrogen and oxygen atoms in total. The van der Waals surface area contributed by atoms with Crippen LogP contribution in [-0.2, 0) is 121 Å². The number of amides is 6. The molecule has 1 atom stereocenters. The van der Waals surface area contributed by atoms with E-state index in [0.717, 1.165) is 37.5 Å². The van der Waals surface area contributed by atoms with Gasteiger partial charge in [0, 0.05) is 110 Å². The molecular formula is C89H106IN15O23S3. The molecule has 700 valence electrons. The summed E-state index contributed by atoms with van der Waals surface area (Å²) < 4.78 is 98.8. The molecule has 3 aliphatic carbocycles. The molecule has 5 N–H and O–H groups in total. The number of aliphatic hydroxyl groups excluding tert-OH is 2. The van der Waals surface area contributed by atoms with Crippen molar-refractivity contribution in [2.24, 2.45) is 21.1 Å². The molecule has 3 aromatic heterocycles. The van der Waals surface area contributed by atoms with Crippen LogP contribution in [0.3, 0.4) is 0 Å². The average molecular weight is 1980 g/mol. The molecule has 0 bridgehead atoms. The third kappa shape index (κ3) is 19.9. The Morgan fingerprint density at radius 3 is 1.10 bits per heavy atom. The number of carbonyl (C=O) groups is 11. The first-order valence-corrected chi connectivity index (χ1v) is 51.1. The fourth-order valence-corrected chi connectivity index (χ4v) is 32.1. The van der Waals surface area contributed by atoms with Crippen molar-refractivity contribution in [3.05, 3.63) is 190 Å². The van der Waals surface area contributed by atoms with Crippen LogP contribution in [0.5, 0.6) is 0 Å². The predicted molar refractivity (Wildman–Crippen MR) is 479 cm³/mol. The molecule has 42 heteroatoms. The number of hydrogen-bond donors (Lipinski definition) is 5. The number of nitrogens with zero attached hydrogens (tertiary/aromatic N) is 12. The zero-order valence-corrected chi connectivity index (χ0v) is 79.5. The normalized spacial score (nSPS) is 17.4. The molecule has 4 aromatic carbocycles. The molecule has 6 amide bonds. The Bertz CT molecular complexity index is 6190. The molecule has 14 rings (SSSR count). The maximum Gasteiger partial charge on any atom is 0.272 e. The molecule has 7 aliphatic rings. The smallest absolute Gasteiger partial charge is 0.272 e. The second kappa shape index (κ2) is 38.0. The predicted octanol–water partition coefficient (Wildman–Crippen LogP) is 6.53. The summed E-state index contributed by atoms with van der Waals surface area (Å²) in [4.78, 5) is 141. The fourth-order valence-electron chi connectivity index (χ4n) is 16.8. The minimum atomic E-state index is -6.03. The van der Waals surface area contributed by atoms with Gasteiger partial charge in [0.1, 0.15) is 23.4 Å². The molecule has 0 saturated heterocycles. The van der Waals surface area contributed by atoms with Crippen LogP contribution in [0.25, 0.3) is 0 Å². The summed E-state index contributed by atoms with van der Waals surface area (Å²) in [7, 11) is -6.12. The summed E-state index contributed by atoms with van der Waals surface area (Å²) in [6.07, 6.45) is 4.00. The van der Waals surface area contributed by atoms with Crippen molar-refractivity contribution in [3.63, 3.8) is 0 Å². The van der Waals surface area contributed by atoms with E-state index in [4.69, 9.17) is 28.1 Å². The van der Waals surface area contributed by atoms with Crippen molar-refractivity contribution in [2.45, 2.75) is 201 Å². The van der Waals surface area contributed by atoms with Gasteiger partial charge in [0.05, 0.1) is 69.5 Å². The van der Waals surface area contributed by atoms with Crippen LogP contribution in [0.2, 0.25) is 0 Å². The van der Waals surface area contributed by atoms with Crippen LogP contribution in [0.1, 0.15) is 250 Å². The molecule has 0 spiro atoms. The van der Waals surface area contributed by atoms with E-state index in [1.165, 1.54) is 37.1 Å². The van der Waals surface area contributed by atoms with Crippen LogP contribution < -0.4 is 16.0 Å². The van der Waals surface area contributed by atoms with E-state index in [9.17, 15) is 88.2 Å². The van der Waals surface area contributed by atoms with Gasteiger partial charge in [-0.15, -0.1) is 0 Å². The molecule has 0 radical (unpaired) electrons. The van der Waals surface area contributed by atoms with Crippen LogP contribution >= 0.6 is 18.7 Å². The zero-order chi connectivity index (χ0) is 96.3. The molecule has 4 aliphatic heterocycles. The van der Waals surface area contributed by atoms with Crippen LogP contribution in [0.15, 0.2) is 97.1 Å². The Morgan fingerprint density at radius 2 is 0.817 bits per heavy atom. The number of fused-ring (bicyclic) bond motifs is 4. The monoisotopic (exact) mass is 1980 g/mol. The molecule has 3 fully saturated rings.